The molecule has 68 valence electrons. The highest BCUT2D eigenvalue weighted by Crippen LogP contribution is 1.78. The number of guanidine groups is 1. The number of urea groups is 1. The van der Waals surface area contributed by atoms with Gasteiger partial charge in [-0.1, -0.05) is 0 Å². The summed E-state index contributed by atoms with van der Waals surface area (Å²) in [6.07, 6.45) is 0. The number of carbonyl (C=O) groups excluding carboxylic acids is 1. The monoisotopic (exact) mass is 171 g/mol. The molecule has 0 radical (unpaired) electrons. The summed E-state index contributed by atoms with van der Waals surface area (Å²) < 4.78 is 0. The Balaban J connectivity index is 2.12. The molecule has 1 rings (SSSR count). The minimum Gasteiger partial charge on any atom is -0.353 e. The van der Waals surface area contributed by atoms with Crippen molar-refractivity contribution in [3.05, 3.63) is 0 Å². The number of carbonyl (C=O) groups is 1. The zero-order chi connectivity index (χ0) is 8.81. The third kappa shape index (κ3) is 2.65. The Kier molecular flexibility index (Phi) is 3.18. The third-order valence-electron chi connectivity index (χ3n) is 1.31. The van der Waals surface area contributed by atoms with E-state index in [-0.39, 0.29) is 6.03 Å². The van der Waals surface area contributed by atoms with Gasteiger partial charge in [0, 0.05) is 13.1 Å². The van der Waals surface area contributed by atoms with Crippen LogP contribution in [0.15, 0.2) is 4.99 Å². The first kappa shape index (κ1) is 8.63. The summed E-state index contributed by atoms with van der Waals surface area (Å²) in [5.41, 5.74) is 5.08. The second-order valence-electron chi connectivity index (χ2n) is 2.27. The fourth-order valence-electron chi connectivity index (χ4n) is 0.802. The normalized spacial score (nSPS) is 14.6. The topological polar surface area (TPSA) is 77.6 Å². The quantitative estimate of drug-likeness (QED) is 0.373. The summed E-state index contributed by atoms with van der Waals surface area (Å²) in [5, 5.41) is 5.52. The number of aliphatic imine (C=N–C) groups is 1. The van der Waals surface area contributed by atoms with Crippen LogP contribution in [0.2, 0.25) is 0 Å². The molecule has 1 heterocycles. The van der Waals surface area contributed by atoms with Gasteiger partial charge in [-0.3, -0.25) is 10.4 Å². The summed E-state index contributed by atoms with van der Waals surface area (Å²) in [4.78, 5) is 14.9. The van der Waals surface area contributed by atoms with E-state index in [4.69, 9.17) is 0 Å². The molecule has 0 fully saturated rings. The highest BCUT2D eigenvalue weighted by atomic mass is 16.2. The second kappa shape index (κ2) is 4.42. The van der Waals surface area contributed by atoms with Crippen LogP contribution in [0.3, 0.4) is 0 Å². The van der Waals surface area contributed by atoms with E-state index in [2.05, 4.69) is 26.5 Å². The van der Waals surface area contributed by atoms with E-state index in [0.717, 1.165) is 13.1 Å². The molecule has 0 saturated heterocycles. The molecule has 6 heteroatoms. The average Bonchev–Trinajstić information content (AvgIpc) is 2.53. The van der Waals surface area contributed by atoms with Gasteiger partial charge in [0.2, 0.25) is 5.96 Å². The van der Waals surface area contributed by atoms with Crippen molar-refractivity contribution in [2.45, 2.75) is 6.92 Å². The van der Waals surface area contributed by atoms with Crippen molar-refractivity contribution in [3.63, 3.8) is 0 Å². The Hall–Kier alpha value is -1.46. The zero-order valence-electron chi connectivity index (χ0n) is 6.98. The van der Waals surface area contributed by atoms with E-state index in [0.29, 0.717) is 12.5 Å². The molecule has 0 spiro atoms. The lowest BCUT2D eigenvalue weighted by Crippen LogP contribution is -2.49. The van der Waals surface area contributed by atoms with Crippen molar-refractivity contribution < 1.29 is 4.79 Å². The first-order valence-corrected chi connectivity index (χ1v) is 3.91. The van der Waals surface area contributed by atoms with Crippen LogP contribution < -0.4 is 21.5 Å². The van der Waals surface area contributed by atoms with Crippen LogP contribution >= 0.6 is 0 Å². The molecule has 12 heavy (non-hydrogen) atoms. The van der Waals surface area contributed by atoms with Crippen molar-refractivity contribution >= 4 is 12.0 Å². The Morgan fingerprint density at radius 1 is 1.75 bits per heavy atom. The van der Waals surface area contributed by atoms with Crippen molar-refractivity contribution in [1.29, 1.82) is 0 Å². The van der Waals surface area contributed by atoms with Crippen molar-refractivity contribution in [2.75, 3.05) is 19.6 Å². The summed E-state index contributed by atoms with van der Waals surface area (Å²) in [7, 11) is 0. The Labute approximate surface area is 70.8 Å². The Morgan fingerprint density at radius 2 is 2.58 bits per heavy atom. The molecule has 6 nitrogen and oxygen atoms in total. The van der Waals surface area contributed by atoms with Gasteiger partial charge in [-0.2, -0.15) is 0 Å². The van der Waals surface area contributed by atoms with Gasteiger partial charge in [-0.05, 0) is 6.92 Å². The molecule has 0 aliphatic carbocycles. The average molecular weight is 171 g/mol. The molecule has 0 atom stereocenters. The van der Waals surface area contributed by atoms with Gasteiger partial charge in [0.05, 0.1) is 6.54 Å². The minimum absolute atomic E-state index is 0.256. The molecule has 0 aromatic heterocycles. The Morgan fingerprint density at radius 3 is 3.17 bits per heavy atom. The van der Waals surface area contributed by atoms with E-state index < -0.39 is 0 Å². The molecule has 0 saturated carbocycles. The molecule has 4 N–H and O–H groups in total. The van der Waals surface area contributed by atoms with E-state index in [1.54, 1.807) is 0 Å². The maximum absolute atomic E-state index is 10.8. The lowest BCUT2D eigenvalue weighted by molar-refractivity contribution is 0.239. The van der Waals surface area contributed by atoms with Crippen LogP contribution in [0.5, 0.6) is 0 Å². The van der Waals surface area contributed by atoms with Crippen LogP contribution in [0.4, 0.5) is 4.79 Å². The zero-order valence-corrected chi connectivity index (χ0v) is 6.98. The SMILES string of the molecule is CCNC(=O)NNC1=NCCN1. The molecule has 2 amide bonds. The summed E-state index contributed by atoms with van der Waals surface area (Å²) in [6.45, 7) is 4.02. The van der Waals surface area contributed by atoms with Gasteiger partial charge in [0.25, 0.3) is 0 Å². The van der Waals surface area contributed by atoms with Gasteiger partial charge < -0.3 is 10.6 Å². The maximum atomic E-state index is 10.8. The smallest absolute Gasteiger partial charge is 0.333 e. The summed E-state index contributed by atoms with van der Waals surface area (Å²) in [5.74, 6) is 0.612. The predicted octanol–water partition coefficient (Wildman–Crippen LogP) is -1.23. The largest absolute Gasteiger partial charge is 0.353 e. The van der Waals surface area contributed by atoms with Crippen molar-refractivity contribution in [1.82, 2.24) is 21.5 Å². The third-order valence-corrected chi connectivity index (χ3v) is 1.31. The van der Waals surface area contributed by atoms with Crippen LogP contribution in [0.1, 0.15) is 6.92 Å². The maximum Gasteiger partial charge on any atom is 0.333 e. The second-order valence-corrected chi connectivity index (χ2v) is 2.27. The molecular formula is C6H13N5O. The molecular weight excluding hydrogens is 158 g/mol. The number of hydrogen-bond acceptors (Lipinski definition) is 4. The number of hydrogen-bond donors (Lipinski definition) is 4. The van der Waals surface area contributed by atoms with E-state index in [1.165, 1.54) is 0 Å². The van der Waals surface area contributed by atoms with E-state index in [9.17, 15) is 4.79 Å². The van der Waals surface area contributed by atoms with Gasteiger partial charge in [0.1, 0.15) is 0 Å². The lowest BCUT2D eigenvalue weighted by atomic mass is 10.7. The molecule has 0 aromatic carbocycles. The first-order valence-electron chi connectivity index (χ1n) is 3.91. The molecule has 1 aliphatic heterocycles. The number of nitrogens with zero attached hydrogens (tertiary/aromatic N) is 1. The van der Waals surface area contributed by atoms with Crippen LogP contribution in [0.25, 0.3) is 0 Å². The van der Waals surface area contributed by atoms with Crippen molar-refractivity contribution in [2.24, 2.45) is 4.99 Å². The fourth-order valence-corrected chi connectivity index (χ4v) is 0.802. The summed E-state index contributed by atoms with van der Waals surface area (Å²) >= 11 is 0. The molecule has 0 bridgehead atoms. The van der Waals surface area contributed by atoms with Crippen LogP contribution in [-0.2, 0) is 0 Å². The number of hydrazine groups is 1. The van der Waals surface area contributed by atoms with Gasteiger partial charge in [-0.15, -0.1) is 0 Å². The number of rotatable bonds is 1. The first-order chi connectivity index (χ1) is 5.83. The van der Waals surface area contributed by atoms with Gasteiger partial charge in [0.15, 0.2) is 0 Å². The number of nitrogens with one attached hydrogen (secondary N) is 4. The predicted molar refractivity (Wildman–Crippen MR) is 45.6 cm³/mol. The van der Waals surface area contributed by atoms with Crippen LogP contribution in [0, 0.1) is 0 Å². The highest BCUT2D eigenvalue weighted by molar-refractivity contribution is 5.84. The van der Waals surface area contributed by atoms with E-state index >= 15 is 0 Å². The van der Waals surface area contributed by atoms with Gasteiger partial charge >= 0.3 is 6.03 Å². The highest BCUT2D eigenvalue weighted by Gasteiger charge is 2.04. The number of amides is 2. The fraction of sp³-hybridized carbons (Fsp3) is 0.667. The van der Waals surface area contributed by atoms with Crippen LogP contribution in [-0.4, -0.2) is 31.6 Å². The minimum atomic E-state index is -0.256. The summed E-state index contributed by atoms with van der Waals surface area (Å²) in [6, 6.07) is -0.256. The molecule has 1 aliphatic rings. The van der Waals surface area contributed by atoms with Gasteiger partial charge in [-0.25, -0.2) is 10.2 Å². The Bertz CT molecular complexity index is 190. The standard InChI is InChI=1S/C6H13N5O/c1-2-7-6(12)11-10-5-8-3-4-9-5/h2-4H2,1H3,(H2,7,11,12)(H2,8,9,10). The molecule has 0 unspecified atom stereocenters. The molecule has 0 aromatic rings. The van der Waals surface area contributed by atoms with E-state index in [1.807, 2.05) is 6.92 Å². The lowest BCUT2D eigenvalue weighted by Gasteiger charge is -2.07. The van der Waals surface area contributed by atoms with Crippen molar-refractivity contribution in [3.8, 4) is 0 Å².